The van der Waals surface area contributed by atoms with E-state index in [0.717, 1.165) is 31.2 Å². The van der Waals surface area contributed by atoms with E-state index in [4.69, 9.17) is 11.6 Å². The first-order valence-corrected chi connectivity index (χ1v) is 9.51. The fraction of sp³-hybridized carbons (Fsp3) is 0.429. The molecule has 1 atom stereocenters. The van der Waals surface area contributed by atoms with Gasteiger partial charge in [0.1, 0.15) is 0 Å². The van der Waals surface area contributed by atoms with Gasteiger partial charge >= 0.3 is 0 Å². The van der Waals surface area contributed by atoms with Crippen LogP contribution in [0.1, 0.15) is 60.0 Å². The molecule has 0 aliphatic heterocycles. The van der Waals surface area contributed by atoms with Gasteiger partial charge in [-0.25, -0.2) is 4.98 Å². The van der Waals surface area contributed by atoms with Crippen molar-refractivity contribution in [2.45, 2.75) is 51.5 Å². The highest BCUT2D eigenvalue weighted by Gasteiger charge is 2.28. The lowest BCUT2D eigenvalue weighted by Gasteiger charge is -2.33. The maximum absolute atomic E-state index is 13.7. The van der Waals surface area contributed by atoms with E-state index >= 15 is 0 Å². The molecule has 3 rings (SSSR count). The molecule has 0 spiro atoms. The van der Waals surface area contributed by atoms with E-state index in [0.29, 0.717) is 28.0 Å². The zero-order valence-electron chi connectivity index (χ0n) is 15.1. The standard InChI is InChI=1S/C21H24ClFN2O/c1-13-19(11-12-24-20(13)23)16-5-3-15(4-6-16)14(2)25-21(26)17-7-9-18(22)10-8-17/h7-12,14-16H,3-6H2,1-2H3,(H,25,26)/t14-,15?,16?/m1/s1. The molecule has 0 radical (unpaired) electrons. The molecule has 1 aromatic carbocycles. The summed E-state index contributed by atoms with van der Waals surface area (Å²) >= 11 is 5.87. The van der Waals surface area contributed by atoms with E-state index in [1.165, 1.54) is 0 Å². The minimum Gasteiger partial charge on any atom is -0.349 e. The van der Waals surface area contributed by atoms with Gasteiger partial charge in [-0.05, 0) is 87.3 Å². The Morgan fingerprint density at radius 1 is 1.19 bits per heavy atom. The van der Waals surface area contributed by atoms with Crippen LogP contribution in [0.3, 0.4) is 0 Å². The van der Waals surface area contributed by atoms with Crippen molar-refractivity contribution >= 4 is 17.5 Å². The van der Waals surface area contributed by atoms with Crippen LogP contribution >= 0.6 is 11.6 Å². The number of aromatic nitrogens is 1. The van der Waals surface area contributed by atoms with Gasteiger partial charge < -0.3 is 5.32 Å². The number of nitrogens with one attached hydrogen (secondary N) is 1. The monoisotopic (exact) mass is 374 g/mol. The molecule has 0 saturated heterocycles. The molecule has 1 fully saturated rings. The largest absolute Gasteiger partial charge is 0.349 e. The Morgan fingerprint density at radius 2 is 1.85 bits per heavy atom. The van der Waals surface area contributed by atoms with E-state index in [-0.39, 0.29) is 17.9 Å². The van der Waals surface area contributed by atoms with E-state index in [2.05, 4.69) is 17.2 Å². The zero-order valence-corrected chi connectivity index (χ0v) is 15.9. The Hall–Kier alpha value is -1.94. The van der Waals surface area contributed by atoms with Crippen LogP contribution in [-0.4, -0.2) is 16.9 Å². The number of hydrogen-bond acceptors (Lipinski definition) is 2. The van der Waals surface area contributed by atoms with Gasteiger partial charge in [-0.1, -0.05) is 11.6 Å². The average molecular weight is 375 g/mol. The van der Waals surface area contributed by atoms with Crippen molar-refractivity contribution < 1.29 is 9.18 Å². The first-order valence-electron chi connectivity index (χ1n) is 9.13. The van der Waals surface area contributed by atoms with Gasteiger partial charge in [0.2, 0.25) is 5.95 Å². The minimum atomic E-state index is -0.367. The highest BCUT2D eigenvalue weighted by molar-refractivity contribution is 6.30. The molecule has 1 aliphatic rings. The topological polar surface area (TPSA) is 42.0 Å². The number of carbonyl (C=O) groups is 1. The highest BCUT2D eigenvalue weighted by atomic mass is 35.5. The Kier molecular flexibility index (Phi) is 5.92. The van der Waals surface area contributed by atoms with Gasteiger partial charge in [0.15, 0.2) is 0 Å². The van der Waals surface area contributed by atoms with E-state index < -0.39 is 0 Å². The lowest BCUT2D eigenvalue weighted by molar-refractivity contribution is 0.0917. The van der Waals surface area contributed by atoms with Crippen LogP contribution in [0, 0.1) is 18.8 Å². The van der Waals surface area contributed by atoms with E-state index in [1.807, 2.05) is 6.07 Å². The van der Waals surface area contributed by atoms with Crippen molar-refractivity contribution in [1.82, 2.24) is 10.3 Å². The third-order valence-electron chi connectivity index (χ3n) is 5.57. The molecule has 26 heavy (non-hydrogen) atoms. The van der Waals surface area contributed by atoms with Crippen molar-refractivity contribution in [3.05, 3.63) is 64.2 Å². The second-order valence-corrected chi connectivity index (χ2v) is 7.63. The summed E-state index contributed by atoms with van der Waals surface area (Å²) in [6, 6.07) is 8.97. The Balaban J connectivity index is 1.56. The fourth-order valence-electron chi connectivity index (χ4n) is 3.91. The number of carbonyl (C=O) groups excluding carboxylic acids is 1. The Labute approximate surface area is 159 Å². The van der Waals surface area contributed by atoms with Gasteiger partial charge in [-0.2, -0.15) is 4.39 Å². The predicted molar refractivity (Wildman–Crippen MR) is 102 cm³/mol. The molecule has 0 unspecified atom stereocenters. The Bertz CT molecular complexity index is 770. The summed E-state index contributed by atoms with van der Waals surface area (Å²) < 4.78 is 13.7. The first-order chi connectivity index (χ1) is 12.5. The molecule has 0 bridgehead atoms. The van der Waals surface area contributed by atoms with Gasteiger partial charge in [0.05, 0.1) is 0 Å². The zero-order chi connectivity index (χ0) is 18.7. The lowest BCUT2D eigenvalue weighted by atomic mass is 9.75. The second kappa shape index (κ2) is 8.17. The number of halogens is 2. The van der Waals surface area contributed by atoms with Crippen LogP contribution in [0.4, 0.5) is 4.39 Å². The first kappa shape index (κ1) is 18.8. The molecule has 3 nitrogen and oxygen atoms in total. The van der Waals surface area contributed by atoms with Crippen LogP contribution in [0.15, 0.2) is 36.5 Å². The molecule has 1 amide bonds. The number of hydrogen-bond donors (Lipinski definition) is 1. The summed E-state index contributed by atoms with van der Waals surface area (Å²) in [4.78, 5) is 16.1. The highest BCUT2D eigenvalue weighted by Crippen LogP contribution is 2.38. The maximum atomic E-state index is 13.7. The number of pyridine rings is 1. The smallest absolute Gasteiger partial charge is 0.251 e. The van der Waals surface area contributed by atoms with Crippen molar-refractivity contribution in [2.24, 2.45) is 5.92 Å². The summed E-state index contributed by atoms with van der Waals surface area (Å²) in [7, 11) is 0. The van der Waals surface area contributed by atoms with E-state index in [9.17, 15) is 9.18 Å². The normalized spacial score (nSPS) is 21.2. The summed E-state index contributed by atoms with van der Waals surface area (Å²) in [6.07, 6.45) is 5.62. The number of rotatable bonds is 4. The quantitative estimate of drug-likeness (QED) is 0.740. The van der Waals surface area contributed by atoms with Crippen molar-refractivity contribution in [2.75, 3.05) is 0 Å². The SMILES string of the molecule is Cc1c(C2CCC([C@@H](C)NC(=O)c3ccc(Cl)cc3)CC2)ccnc1F. The summed E-state index contributed by atoms with van der Waals surface area (Å²) in [5.41, 5.74) is 2.37. The molecule has 1 saturated carbocycles. The maximum Gasteiger partial charge on any atom is 0.251 e. The van der Waals surface area contributed by atoms with Crippen molar-refractivity contribution in [3.63, 3.8) is 0 Å². The molecular weight excluding hydrogens is 351 g/mol. The lowest BCUT2D eigenvalue weighted by Crippen LogP contribution is -2.39. The molecular formula is C21H24ClFN2O. The number of benzene rings is 1. The Morgan fingerprint density at radius 3 is 2.50 bits per heavy atom. The van der Waals surface area contributed by atoms with Gasteiger partial charge in [-0.3, -0.25) is 4.79 Å². The van der Waals surface area contributed by atoms with Crippen molar-refractivity contribution in [3.8, 4) is 0 Å². The van der Waals surface area contributed by atoms with Crippen LogP contribution in [-0.2, 0) is 0 Å². The van der Waals surface area contributed by atoms with E-state index in [1.54, 1.807) is 37.4 Å². The van der Waals surface area contributed by atoms with Crippen molar-refractivity contribution in [1.29, 1.82) is 0 Å². The average Bonchev–Trinajstić information content (AvgIpc) is 2.64. The van der Waals surface area contributed by atoms with Crippen LogP contribution in [0.2, 0.25) is 5.02 Å². The van der Waals surface area contributed by atoms with Gasteiger partial charge in [0, 0.05) is 28.4 Å². The molecule has 1 N–H and O–H groups in total. The van der Waals surface area contributed by atoms with Crippen LogP contribution < -0.4 is 5.32 Å². The molecule has 1 aromatic heterocycles. The summed E-state index contributed by atoms with van der Waals surface area (Å²) in [5.74, 6) is 0.383. The molecule has 138 valence electrons. The minimum absolute atomic E-state index is 0.0664. The number of amides is 1. The molecule has 2 aromatic rings. The van der Waals surface area contributed by atoms with Gasteiger partial charge in [0.25, 0.3) is 5.91 Å². The predicted octanol–water partition coefficient (Wildman–Crippen LogP) is 5.27. The van der Waals surface area contributed by atoms with Crippen LogP contribution in [0.5, 0.6) is 0 Å². The molecule has 1 aliphatic carbocycles. The number of nitrogens with zero attached hydrogens (tertiary/aromatic N) is 1. The summed E-state index contributed by atoms with van der Waals surface area (Å²) in [6.45, 7) is 3.87. The second-order valence-electron chi connectivity index (χ2n) is 7.20. The third-order valence-corrected chi connectivity index (χ3v) is 5.82. The van der Waals surface area contributed by atoms with Gasteiger partial charge in [-0.15, -0.1) is 0 Å². The molecule has 5 heteroatoms. The van der Waals surface area contributed by atoms with Crippen LogP contribution in [0.25, 0.3) is 0 Å². The third kappa shape index (κ3) is 4.24. The fourth-order valence-corrected chi connectivity index (χ4v) is 4.03. The summed E-state index contributed by atoms with van der Waals surface area (Å²) in [5, 5.41) is 3.73. The molecule has 1 heterocycles.